The summed E-state index contributed by atoms with van der Waals surface area (Å²) in [5, 5.41) is 9.70. The fraction of sp³-hybridized carbons (Fsp3) is 0. The Labute approximate surface area is 290 Å². The molecule has 0 aliphatic heterocycles. The Balaban J connectivity index is 1.07. The first-order valence-electron chi connectivity index (χ1n) is 15.6. The maximum absolute atomic E-state index is 6.27. The van der Waals surface area contributed by atoms with Crippen molar-refractivity contribution in [3.05, 3.63) is 150 Å². The molecule has 0 aliphatic rings. The molecule has 0 saturated heterocycles. The summed E-state index contributed by atoms with van der Waals surface area (Å²) in [5.41, 5.74) is 5.69. The summed E-state index contributed by atoms with van der Waals surface area (Å²) in [6.45, 7) is 0. The Hall–Kier alpha value is -6.02. The highest BCUT2D eigenvalue weighted by molar-refractivity contribution is 6.33. The molecule has 49 heavy (non-hydrogen) atoms. The van der Waals surface area contributed by atoms with E-state index in [1.165, 1.54) is 21.4 Å². The lowest BCUT2D eigenvalue weighted by Gasteiger charge is -2.10. The van der Waals surface area contributed by atoms with E-state index in [1.54, 1.807) is 0 Å². The van der Waals surface area contributed by atoms with Crippen LogP contribution in [0.2, 0.25) is 10.3 Å². The molecule has 0 saturated carbocycles. The summed E-state index contributed by atoms with van der Waals surface area (Å²) in [4.78, 5) is 23.7. The highest BCUT2D eigenvalue weighted by atomic mass is 35.5. The van der Waals surface area contributed by atoms with Gasteiger partial charge in [-0.05, 0) is 44.8 Å². The second-order valence-electron chi connectivity index (χ2n) is 11.6. The van der Waals surface area contributed by atoms with Gasteiger partial charge in [0.05, 0.1) is 0 Å². The number of benzene rings is 6. The molecule has 0 atom stereocenters. The lowest BCUT2D eigenvalue weighted by Crippen LogP contribution is -2.00. The summed E-state index contributed by atoms with van der Waals surface area (Å²) >= 11 is 12.3. The van der Waals surface area contributed by atoms with Crippen molar-refractivity contribution in [2.75, 3.05) is 0 Å². The van der Waals surface area contributed by atoms with Gasteiger partial charge >= 0.3 is 0 Å². The van der Waals surface area contributed by atoms with Crippen molar-refractivity contribution < 1.29 is 0 Å². The lowest BCUT2D eigenvalue weighted by atomic mass is 10.0. The predicted molar refractivity (Wildman–Crippen MR) is 196 cm³/mol. The highest BCUT2D eigenvalue weighted by Crippen LogP contribution is 2.31. The molecule has 232 valence electrons. The van der Waals surface area contributed by atoms with Crippen molar-refractivity contribution in [1.29, 1.82) is 0 Å². The van der Waals surface area contributed by atoms with Crippen LogP contribution >= 0.6 is 23.2 Å². The molecule has 9 rings (SSSR count). The quantitative estimate of drug-likeness (QED) is 0.169. The van der Waals surface area contributed by atoms with Crippen LogP contribution in [-0.2, 0) is 0 Å². The van der Waals surface area contributed by atoms with Crippen LogP contribution in [0.15, 0.2) is 140 Å². The number of fused-ring (bicyclic) bond motifs is 3. The molecule has 0 amide bonds. The first kappa shape index (κ1) is 29.1. The number of rotatable bonds is 5. The highest BCUT2D eigenvalue weighted by Gasteiger charge is 2.15. The molecule has 0 N–H and O–H groups in total. The fourth-order valence-corrected chi connectivity index (χ4v) is 6.42. The van der Waals surface area contributed by atoms with E-state index in [0.29, 0.717) is 34.2 Å². The van der Waals surface area contributed by atoms with Gasteiger partial charge in [-0.1, -0.05) is 145 Å². The van der Waals surface area contributed by atoms with E-state index in [-0.39, 0.29) is 5.15 Å². The van der Waals surface area contributed by atoms with Gasteiger partial charge in [-0.3, -0.25) is 0 Å². The average molecular weight is 673 g/mol. The zero-order valence-electron chi connectivity index (χ0n) is 25.7. The monoisotopic (exact) mass is 671 g/mol. The summed E-state index contributed by atoms with van der Waals surface area (Å²) in [6, 6.07) is 47.0. The second kappa shape index (κ2) is 11.9. The lowest BCUT2D eigenvalue weighted by molar-refractivity contribution is 0.943. The van der Waals surface area contributed by atoms with Crippen molar-refractivity contribution in [2.45, 2.75) is 0 Å². The third kappa shape index (κ3) is 5.55. The molecular formula is C40H23Cl2N7. The van der Waals surface area contributed by atoms with Crippen LogP contribution in [-0.4, -0.2) is 34.5 Å². The molecular weight excluding hydrogens is 649 g/mol. The van der Waals surface area contributed by atoms with Gasteiger partial charge in [-0.15, -0.1) is 5.10 Å². The molecule has 0 spiro atoms. The number of nitrogens with zero attached hydrogens (tertiary/aromatic N) is 7. The predicted octanol–water partition coefficient (Wildman–Crippen LogP) is 10.3. The largest absolute Gasteiger partial charge is 0.255 e. The standard InChI is InChI=1S/C40H23Cl2N7/c41-34-23-35(42)49-40(43-34)47-39(48-49)29-17-11-27(12-18-29)26-9-15-28(16-10-26)36-44-37(32-19-13-24-5-1-3-7-30(24)21-32)46-38(45-36)33-20-14-25-6-2-4-8-31(25)22-33/h1-23H. The summed E-state index contributed by atoms with van der Waals surface area (Å²) in [5.74, 6) is 2.71. The van der Waals surface area contributed by atoms with E-state index in [4.69, 9.17) is 38.2 Å². The minimum Gasteiger partial charge on any atom is -0.208 e. The molecule has 0 unspecified atom stereocenters. The molecule has 0 fully saturated rings. The SMILES string of the molecule is Clc1cc(Cl)n2nc(-c3ccc(-c4ccc(-c5nc(-c6ccc7ccccc7c6)nc(-c6ccc7ccccc7c6)n5)cc4)cc3)nc2n1. The normalized spacial score (nSPS) is 11.5. The van der Waals surface area contributed by atoms with Crippen LogP contribution in [0.4, 0.5) is 0 Å². The molecule has 3 aromatic heterocycles. The molecule has 0 aliphatic carbocycles. The molecule has 9 heteroatoms. The van der Waals surface area contributed by atoms with Crippen LogP contribution in [0.25, 0.3) is 84.0 Å². The van der Waals surface area contributed by atoms with Gasteiger partial charge in [-0.2, -0.15) is 14.5 Å². The summed E-state index contributed by atoms with van der Waals surface area (Å²) in [7, 11) is 0. The van der Waals surface area contributed by atoms with Crippen molar-refractivity contribution in [3.63, 3.8) is 0 Å². The molecule has 0 radical (unpaired) electrons. The van der Waals surface area contributed by atoms with E-state index in [2.05, 4.69) is 87.9 Å². The van der Waals surface area contributed by atoms with E-state index in [9.17, 15) is 0 Å². The van der Waals surface area contributed by atoms with Gasteiger partial charge in [-0.25, -0.2) is 15.0 Å². The number of hydrogen-bond acceptors (Lipinski definition) is 6. The third-order valence-corrected chi connectivity index (χ3v) is 8.97. The van der Waals surface area contributed by atoms with Crippen LogP contribution in [0.5, 0.6) is 0 Å². The molecule has 3 heterocycles. The van der Waals surface area contributed by atoms with E-state index >= 15 is 0 Å². The average Bonchev–Trinajstić information content (AvgIpc) is 3.59. The molecule has 7 nitrogen and oxygen atoms in total. The zero-order valence-corrected chi connectivity index (χ0v) is 27.2. The van der Waals surface area contributed by atoms with Gasteiger partial charge < -0.3 is 0 Å². The maximum Gasteiger partial charge on any atom is 0.255 e. The molecule has 9 aromatic rings. The van der Waals surface area contributed by atoms with Crippen LogP contribution in [0, 0.1) is 0 Å². The Kier molecular flexibility index (Phi) is 7.08. The van der Waals surface area contributed by atoms with E-state index < -0.39 is 0 Å². The Morgan fingerprint density at radius 2 is 0.796 bits per heavy atom. The van der Waals surface area contributed by atoms with Gasteiger partial charge in [0.15, 0.2) is 23.3 Å². The number of halogens is 2. The van der Waals surface area contributed by atoms with Gasteiger partial charge in [0, 0.05) is 28.3 Å². The topological polar surface area (TPSA) is 81.8 Å². The maximum atomic E-state index is 6.27. The first-order valence-corrected chi connectivity index (χ1v) is 16.3. The first-order chi connectivity index (χ1) is 24.0. The third-order valence-electron chi connectivity index (χ3n) is 8.51. The minimum atomic E-state index is 0.266. The van der Waals surface area contributed by atoms with Gasteiger partial charge in [0.1, 0.15) is 10.3 Å². The smallest absolute Gasteiger partial charge is 0.208 e. The summed E-state index contributed by atoms with van der Waals surface area (Å²) in [6.07, 6.45) is 0. The summed E-state index contributed by atoms with van der Waals surface area (Å²) < 4.78 is 1.47. The van der Waals surface area contributed by atoms with Crippen LogP contribution < -0.4 is 0 Å². The van der Waals surface area contributed by atoms with Crippen molar-refractivity contribution in [2.24, 2.45) is 0 Å². The Morgan fingerprint density at radius 1 is 0.367 bits per heavy atom. The van der Waals surface area contributed by atoms with Crippen LogP contribution in [0.3, 0.4) is 0 Å². The zero-order chi connectivity index (χ0) is 32.9. The van der Waals surface area contributed by atoms with Crippen LogP contribution in [0.1, 0.15) is 0 Å². The van der Waals surface area contributed by atoms with Gasteiger partial charge in [0.25, 0.3) is 5.78 Å². The van der Waals surface area contributed by atoms with Crippen molar-refractivity contribution in [1.82, 2.24) is 34.5 Å². The Bertz CT molecular complexity index is 2590. The number of aromatic nitrogens is 7. The van der Waals surface area contributed by atoms with E-state index in [1.807, 2.05) is 60.7 Å². The van der Waals surface area contributed by atoms with Crippen molar-refractivity contribution in [3.8, 4) is 56.7 Å². The number of hydrogen-bond donors (Lipinski definition) is 0. The van der Waals surface area contributed by atoms with E-state index in [0.717, 1.165) is 44.2 Å². The molecule has 0 bridgehead atoms. The minimum absolute atomic E-state index is 0.266. The second-order valence-corrected chi connectivity index (χ2v) is 12.4. The fourth-order valence-electron chi connectivity index (χ4n) is 5.97. The Morgan fingerprint density at radius 3 is 1.33 bits per heavy atom. The van der Waals surface area contributed by atoms with Crippen molar-refractivity contribution >= 4 is 50.5 Å². The molecule has 6 aromatic carbocycles. The van der Waals surface area contributed by atoms with Gasteiger partial charge in [0.2, 0.25) is 0 Å².